The number of hydrogen-bond donors (Lipinski definition) is 4. The first-order valence-corrected chi connectivity index (χ1v) is 16.1. The van der Waals surface area contributed by atoms with Crippen molar-refractivity contribution in [2.24, 2.45) is 11.3 Å². The second kappa shape index (κ2) is 15.4. The van der Waals surface area contributed by atoms with Gasteiger partial charge in [0, 0.05) is 18.1 Å². The molecule has 12 heteroatoms. The van der Waals surface area contributed by atoms with Crippen LogP contribution in [0.4, 0.5) is 0 Å². The summed E-state index contributed by atoms with van der Waals surface area (Å²) in [5.41, 5.74) is 3.39. The third kappa shape index (κ3) is 10.2. The average molecular weight is 658 g/mol. The number of esters is 1. The summed E-state index contributed by atoms with van der Waals surface area (Å²) in [6.07, 6.45) is 5.74. The SMILES string of the molecule is CC(NC(=O)C(NC(=O)C(C)(C)C=Cc1ccc2cnc(C(C)O)cc2c1)C(C)C)C(=O)N1CCCC(C(=O)OCC(C)(C)Cl)N1. The zero-order valence-corrected chi connectivity index (χ0v) is 28.8. The van der Waals surface area contributed by atoms with E-state index in [4.69, 9.17) is 16.3 Å². The van der Waals surface area contributed by atoms with E-state index in [1.165, 1.54) is 5.01 Å². The highest BCUT2D eigenvalue weighted by molar-refractivity contribution is 6.23. The van der Waals surface area contributed by atoms with Crippen molar-refractivity contribution in [2.45, 2.75) is 97.3 Å². The van der Waals surface area contributed by atoms with Gasteiger partial charge in [-0.3, -0.25) is 29.2 Å². The fraction of sp³-hybridized carbons (Fsp3) is 0.559. The van der Waals surface area contributed by atoms with Crippen LogP contribution < -0.4 is 16.1 Å². The zero-order valence-electron chi connectivity index (χ0n) is 28.0. The maximum absolute atomic E-state index is 13.4. The summed E-state index contributed by atoms with van der Waals surface area (Å²) < 4.78 is 5.30. The number of carbonyl (C=O) groups excluding carboxylic acids is 4. The highest BCUT2D eigenvalue weighted by Gasteiger charge is 2.35. The van der Waals surface area contributed by atoms with Crippen molar-refractivity contribution in [3.8, 4) is 0 Å². The summed E-state index contributed by atoms with van der Waals surface area (Å²) in [4.78, 5) is 56.0. The van der Waals surface area contributed by atoms with Crippen LogP contribution in [0.3, 0.4) is 0 Å². The van der Waals surface area contributed by atoms with Crippen molar-refractivity contribution in [3.05, 3.63) is 47.8 Å². The number of halogens is 1. The number of ether oxygens (including phenoxy) is 1. The van der Waals surface area contributed by atoms with Crippen molar-refractivity contribution in [3.63, 3.8) is 0 Å². The lowest BCUT2D eigenvalue weighted by molar-refractivity contribution is -0.153. The van der Waals surface area contributed by atoms with Crippen LogP contribution in [-0.4, -0.2) is 74.9 Å². The van der Waals surface area contributed by atoms with Crippen molar-refractivity contribution < 1.29 is 29.0 Å². The Kier molecular flexibility index (Phi) is 12.3. The molecule has 0 spiro atoms. The Hall–Kier alpha value is -3.54. The Morgan fingerprint density at radius 1 is 1.11 bits per heavy atom. The van der Waals surface area contributed by atoms with E-state index in [1.807, 2.05) is 44.2 Å². The third-order valence-corrected chi connectivity index (χ3v) is 7.84. The van der Waals surface area contributed by atoms with Gasteiger partial charge in [-0.15, -0.1) is 11.6 Å². The average Bonchev–Trinajstić information content (AvgIpc) is 2.99. The number of hydrogen-bond acceptors (Lipinski definition) is 8. The molecule has 0 aliphatic carbocycles. The van der Waals surface area contributed by atoms with Crippen LogP contribution in [0, 0.1) is 11.3 Å². The largest absolute Gasteiger partial charge is 0.463 e. The first kappa shape index (κ1) is 36.9. The number of fused-ring (bicyclic) bond motifs is 1. The molecule has 3 amide bonds. The van der Waals surface area contributed by atoms with E-state index >= 15 is 0 Å². The Bertz CT molecular complexity index is 1450. The Morgan fingerprint density at radius 3 is 2.43 bits per heavy atom. The number of hydrazine groups is 1. The summed E-state index contributed by atoms with van der Waals surface area (Å²) in [6, 6.07) is 5.13. The standard InChI is InChI=1S/C34H48ClN5O6/c1-20(2)28(29(42)37-21(3)30(43)40-15-9-10-26(39-40)31(44)46-19-34(7,8)35)38-32(45)33(5,6)14-13-23-11-12-24-18-36-27(22(4)41)17-25(24)16-23/h11-14,16-18,20-22,26,28,39,41H,9-10,15,19H2,1-8H3,(H,37,42)(H,38,45). The molecule has 0 saturated carbocycles. The molecule has 4 atom stereocenters. The number of aliphatic hydroxyl groups excluding tert-OH is 1. The van der Waals surface area contributed by atoms with E-state index in [1.54, 1.807) is 53.8 Å². The van der Waals surface area contributed by atoms with Gasteiger partial charge >= 0.3 is 5.97 Å². The monoisotopic (exact) mass is 657 g/mol. The number of nitrogens with one attached hydrogen (secondary N) is 3. The van der Waals surface area contributed by atoms with Crippen LogP contribution in [0.25, 0.3) is 16.8 Å². The van der Waals surface area contributed by atoms with Crippen molar-refractivity contribution >= 4 is 52.1 Å². The van der Waals surface area contributed by atoms with E-state index in [2.05, 4.69) is 21.0 Å². The molecule has 4 N–H and O–H groups in total. The lowest BCUT2D eigenvalue weighted by Crippen LogP contribution is -2.61. The normalized spacial score (nSPS) is 17.9. The maximum atomic E-state index is 13.4. The number of carbonyl (C=O) groups is 4. The summed E-state index contributed by atoms with van der Waals surface area (Å²) in [5, 5.41) is 18.7. The number of nitrogens with zero attached hydrogens (tertiary/aromatic N) is 2. The number of amides is 3. The molecule has 1 saturated heterocycles. The molecular formula is C34H48ClN5O6. The quantitative estimate of drug-likeness (QED) is 0.197. The molecule has 0 bridgehead atoms. The highest BCUT2D eigenvalue weighted by atomic mass is 35.5. The number of alkyl halides is 1. The van der Waals surface area contributed by atoms with E-state index in [-0.39, 0.29) is 18.4 Å². The highest BCUT2D eigenvalue weighted by Crippen LogP contribution is 2.24. The first-order valence-electron chi connectivity index (χ1n) is 15.7. The minimum absolute atomic E-state index is 0.0355. The summed E-state index contributed by atoms with van der Waals surface area (Å²) in [5.74, 6) is -2.00. The fourth-order valence-corrected chi connectivity index (χ4v) is 4.86. The molecule has 1 aliphatic heterocycles. The van der Waals surface area contributed by atoms with Gasteiger partial charge in [0.15, 0.2) is 0 Å². The number of aromatic nitrogens is 1. The fourth-order valence-electron chi connectivity index (χ4n) is 4.81. The molecule has 1 aromatic heterocycles. The molecule has 252 valence electrons. The molecule has 4 unspecified atom stereocenters. The molecule has 46 heavy (non-hydrogen) atoms. The molecule has 0 radical (unpaired) electrons. The smallest absolute Gasteiger partial charge is 0.325 e. The first-order chi connectivity index (χ1) is 21.4. The van der Waals surface area contributed by atoms with Gasteiger partial charge in [0.05, 0.1) is 22.1 Å². The van der Waals surface area contributed by atoms with Crippen LogP contribution in [0.1, 0.15) is 85.6 Å². The second-order valence-electron chi connectivity index (χ2n) is 13.5. The van der Waals surface area contributed by atoms with Crippen molar-refractivity contribution in [1.29, 1.82) is 0 Å². The van der Waals surface area contributed by atoms with Gasteiger partial charge in [-0.25, -0.2) is 5.43 Å². The zero-order chi connectivity index (χ0) is 34.4. The van der Waals surface area contributed by atoms with Crippen LogP contribution >= 0.6 is 11.6 Å². The molecule has 1 fully saturated rings. The van der Waals surface area contributed by atoms with Crippen LogP contribution in [0.2, 0.25) is 0 Å². The molecule has 2 heterocycles. The van der Waals surface area contributed by atoms with Gasteiger partial charge in [-0.1, -0.05) is 38.1 Å². The molecule has 3 rings (SSSR count). The maximum Gasteiger partial charge on any atom is 0.325 e. The van der Waals surface area contributed by atoms with Gasteiger partial charge in [0.1, 0.15) is 24.7 Å². The lowest BCUT2D eigenvalue weighted by Gasteiger charge is -2.35. The Labute approximate surface area is 276 Å². The van der Waals surface area contributed by atoms with E-state index in [9.17, 15) is 24.3 Å². The minimum Gasteiger partial charge on any atom is -0.463 e. The summed E-state index contributed by atoms with van der Waals surface area (Å²) in [6.45, 7) is 14.2. The van der Waals surface area contributed by atoms with Crippen LogP contribution in [0.15, 0.2) is 36.5 Å². The van der Waals surface area contributed by atoms with Crippen LogP contribution in [0.5, 0.6) is 0 Å². The van der Waals surface area contributed by atoms with Crippen LogP contribution in [-0.2, 0) is 23.9 Å². The molecular weight excluding hydrogens is 610 g/mol. The molecule has 1 aliphatic rings. The number of pyridine rings is 1. The Balaban J connectivity index is 1.62. The van der Waals surface area contributed by atoms with Gasteiger partial charge in [-0.05, 0) is 83.4 Å². The van der Waals surface area contributed by atoms with Crippen molar-refractivity contribution in [1.82, 2.24) is 26.1 Å². The van der Waals surface area contributed by atoms with Gasteiger partial charge < -0.3 is 20.5 Å². The topological polar surface area (TPSA) is 150 Å². The lowest BCUT2D eigenvalue weighted by atomic mass is 9.89. The Morgan fingerprint density at radius 2 is 1.80 bits per heavy atom. The van der Waals surface area contributed by atoms with Gasteiger partial charge in [0.2, 0.25) is 11.8 Å². The van der Waals surface area contributed by atoms with E-state index in [0.717, 1.165) is 16.3 Å². The number of aliphatic hydroxyl groups is 1. The van der Waals surface area contributed by atoms with E-state index in [0.29, 0.717) is 25.1 Å². The summed E-state index contributed by atoms with van der Waals surface area (Å²) in [7, 11) is 0. The van der Waals surface area contributed by atoms with Gasteiger partial charge in [0.25, 0.3) is 5.91 Å². The molecule has 1 aromatic carbocycles. The summed E-state index contributed by atoms with van der Waals surface area (Å²) >= 11 is 6.12. The molecule has 2 aromatic rings. The van der Waals surface area contributed by atoms with Gasteiger partial charge in [-0.2, -0.15) is 0 Å². The molecule has 11 nitrogen and oxygen atoms in total. The predicted octanol–water partition coefficient (Wildman–Crippen LogP) is 4.03. The second-order valence-corrected chi connectivity index (χ2v) is 14.5. The predicted molar refractivity (Wildman–Crippen MR) is 178 cm³/mol. The third-order valence-electron chi connectivity index (χ3n) is 7.73. The van der Waals surface area contributed by atoms with Crippen molar-refractivity contribution in [2.75, 3.05) is 13.2 Å². The number of benzene rings is 1. The van der Waals surface area contributed by atoms with E-state index < -0.39 is 52.3 Å². The minimum atomic E-state index is -0.965. The number of rotatable bonds is 12.